The lowest BCUT2D eigenvalue weighted by atomic mass is 9.92. The van der Waals surface area contributed by atoms with Gasteiger partial charge >= 0.3 is 0 Å². The summed E-state index contributed by atoms with van der Waals surface area (Å²) in [5, 5.41) is 3.54. The second-order valence-corrected chi connectivity index (χ2v) is 6.87. The number of nitrogens with zero attached hydrogens (tertiary/aromatic N) is 1. The molecule has 2 nitrogen and oxygen atoms in total. The summed E-state index contributed by atoms with van der Waals surface area (Å²) in [4.78, 5) is 2.51. The molecule has 0 radical (unpaired) electrons. The fraction of sp³-hybridized carbons (Fsp3) is 1.00. The van der Waals surface area contributed by atoms with Crippen LogP contribution in [0.1, 0.15) is 41.0 Å². The first-order chi connectivity index (χ1) is 7.30. The summed E-state index contributed by atoms with van der Waals surface area (Å²) in [5.74, 6) is 1.94. The maximum Gasteiger partial charge on any atom is 0.00419 e. The van der Waals surface area contributed by atoms with Gasteiger partial charge < -0.3 is 10.2 Å². The highest BCUT2D eigenvalue weighted by Crippen LogP contribution is 2.38. The minimum absolute atomic E-state index is 0.372. The third kappa shape index (κ3) is 5.31. The molecular formula is C14H30N2. The van der Waals surface area contributed by atoms with Crippen LogP contribution in [0.5, 0.6) is 0 Å². The molecule has 0 saturated heterocycles. The molecule has 2 unspecified atom stereocenters. The van der Waals surface area contributed by atoms with Gasteiger partial charge in [0.25, 0.3) is 0 Å². The van der Waals surface area contributed by atoms with Crippen molar-refractivity contribution in [3.05, 3.63) is 0 Å². The lowest BCUT2D eigenvalue weighted by molar-refractivity contribution is 0.194. The Balaban J connectivity index is 2.21. The summed E-state index contributed by atoms with van der Waals surface area (Å²) < 4.78 is 0. The summed E-state index contributed by atoms with van der Waals surface area (Å²) in [7, 11) is 2.27. The van der Waals surface area contributed by atoms with Crippen molar-refractivity contribution in [1.82, 2.24) is 10.2 Å². The molecule has 0 aromatic heterocycles. The molecule has 1 aliphatic carbocycles. The van der Waals surface area contributed by atoms with Crippen molar-refractivity contribution in [3.8, 4) is 0 Å². The SMILES string of the molecule is CC(C)NCC(C)(C)CN(C)CC1CC1C. The van der Waals surface area contributed by atoms with Crippen molar-refractivity contribution in [3.63, 3.8) is 0 Å². The monoisotopic (exact) mass is 226 g/mol. The molecule has 1 rings (SSSR count). The molecule has 0 aromatic rings. The Morgan fingerprint density at radius 2 is 1.94 bits per heavy atom. The molecule has 0 aromatic carbocycles. The van der Waals surface area contributed by atoms with Crippen LogP contribution in [-0.2, 0) is 0 Å². The van der Waals surface area contributed by atoms with Crippen LogP contribution in [0.2, 0.25) is 0 Å². The molecule has 2 atom stereocenters. The van der Waals surface area contributed by atoms with Crippen molar-refractivity contribution in [2.75, 3.05) is 26.7 Å². The summed E-state index contributed by atoms with van der Waals surface area (Å²) in [5.41, 5.74) is 0.372. The molecule has 96 valence electrons. The van der Waals surface area contributed by atoms with Crippen molar-refractivity contribution in [2.24, 2.45) is 17.3 Å². The van der Waals surface area contributed by atoms with E-state index in [1.807, 2.05) is 0 Å². The predicted octanol–water partition coefficient (Wildman–Crippen LogP) is 2.60. The molecule has 1 fully saturated rings. The van der Waals surface area contributed by atoms with E-state index in [9.17, 15) is 0 Å². The van der Waals surface area contributed by atoms with Crippen LogP contribution in [0.15, 0.2) is 0 Å². The van der Waals surface area contributed by atoms with Crippen molar-refractivity contribution in [2.45, 2.75) is 47.1 Å². The van der Waals surface area contributed by atoms with Crippen molar-refractivity contribution in [1.29, 1.82) is 0 Å². The molecule has 16 heavy (non-hydrogen) atoms. The summed E-state index contributed by atoms with van der Waals surface area (Å²) in [6.07, 6.45) is 1.44. The zero-order valence-corrected chi connectivity index (χ0v) is 12.0. The summed E-state index contributed by atoms with van der Waals surface area (Å²) in [6.45, 7) is 15.1. The average molecular weight is 226 g/mol. The van der Waals surface area contributed by atoms with E-state index in [4.69, 9.17) is 0 Å². The lowest BCUT2D eigenvalue weighted by Gasteiger charge is -2.31. The Morgan fingerprint density at radius 3 is 2.38 bits per heavy atom. The molecule has 0 heterocycles. The molecular weight excluding hydrogens is 196 g/mol. The highest BCUT2D eigenvalue weighted by molar-refractivity contribution is 4.86. The molecule has 0 bridgehead atoms. The lowest BCUT2D eigenvalue weighted by Crippen LogP contribution is -2.41. The first kappa shape index (κ1) is 14.0. The van der Waals surface area contributed by atoms with Crippen LogP contribution >= 0.6 is 0 Å². The van der Waals surface area contributed by atoms with Crippen LogP contribution in [0, 0.1) is 17.3 Å². The smallest absolute Gasteiger partial charge is 0.00419 e. The Hall–Kier alpha value is -0.0800. The Labute approximate surface area is 102 Å². The minimum Gasteiger partial charge on any atom is -0.314 e. The third-order valence-corrected chi connectivity index (χ3v) is 3.51. The third-order valence-electron chi connectivity index (χ3n) is 3.51. The maximum atomic E-state index is 3.54. The van der Waals surface area contributed by atoms with Gasteiger partial charge in [0.1, 0.15) is 0 Å². The van der Waals surface area contributed by atoms with Gasteiger partial charge in [-0.3, -0.25) is 0 Å². The van der Waals surface area contributed by atoms with Gasteiger partial charge in [0.2, 0.25) is 0 Å². The van der Waals surface area contributed by atoms with Crippen molar-refractivity contribution < 1.29 is 0 Å². The number of hydrogen-bond acceptors (Lipinski definition) is 2. The van der Waals surface area contributed by atoms with Crippen LogP contribution in [0.3, 0.4) is 0 Å². The number of hydrogen-bond donors (Lipinski definition) is 1. The normalized spacial score (nSPS) is 25.5. The Morgan fingerprint density at radius 1 is 1.38 bits per heavy atom. The first-order valence-electron chi connectivity index (χ1n) is 6.72. The zero-order valence-electron chi connectivity index (χ0n) is 12.0. The average Bonchev–Trinajstić information content (AvgIpc) is 2.77. The number of rotatable bonds is 7. The van der Waals surface area contributed by atoms with Gasteiger partial charge in [-0.15, -0.1) is 0 Å². The molecule has 0 spiro atoms. The zero-order chi connectivity index (χ0) is 12.3. The van der Waals surface area contributed by atoms with E-state index >= 15 is 0 Å². The largest absolute Gasteiger partial charge is 0.314 e. The molecule has 1 aliphatic rings. The van der Waals surface area contributed by atoms with Gasteiger partial charge in [0.15, 0.2) is 0 Å². The van der Waals surface area contributed by atoms with Crippen molar-refractivity contribution >= 4 is 0 Å². The van der Waals surface area contributed by atoms with E-state index in [0.717, 1.165) is 18.4 Å². The van der Waals surface area contributed by atoms with Gasteiger partial charge in [-0.25, -0.2) is 0 Å². The predicted molar refractivity (Wildman–Crippen MR) is 71.7 cm³/mol. The first-order valence-corrected chi connectivity index (χ1v) is 6.72. The van der Waals surface area contributed by atoms with E-state index in [1.165, 1.54) is 19.5 Å². The Bertz CT molecular complexity index is 211. The highest BCUT2D eigenvalue weighted by Gasteiger charge is 2.34. The van der Waals surface area contributed by atoms with E-state index in [-0.39, 0.29) is 0 Å². The van der Waals surface area contributed by atoms with Crippen LogP contribution in [0.25, 0.3) is 0 Å². The molecule has 1 saturated carbocycles. The quantitative estimate of drug-likeness (QED) is 0.718. The standard InChI is InChI=1S/C14H30N2/c1-11(2)15-9-14(4,5)10-16(6)8-13-7-12(13)3/h11-13,15H,7-10H2,1-6H3. The van der Waals surface area contributed by atoms with E-state index in [2.05, 4.69) is 51.9 Å². The second-order valence-electron chi connectivity index (χ2n) is 6.87. The van der Waals surface area contributed by atoms with Gasteiger partial charge in [0.05, 0.1) is 0 Å². The molecule has 0 amide bonds. The van der Waals surface area contributed by atoms with E-state index in [1.54, 1.807) is 0 Å². The highest BCUT2D eigenvalue weighted by atomic mass is 15.1. The van der Waals surface area contributed by atoms with Crippen LogP contribution in [0.4, 0.5) is 0 Å². The van der Waals surface area contributed by atoms with Gasteiger partial charge in [-0.2, -0.15) is 0 Å². The topological polar surface area (TPSA) is 15.3 Å². The van der Waals surface area contributed by atoms with Gasteiger partial charge in [-0.05, 0) is 30.7 Å². The number of nitrogens with one attached hydrogen (secondary N) is 1. The Kier molecular flexibility index (Phi) is 4.81. The van der Waals surface area contributed by atoms with Gasteiger partial charge in [0, 0.05) is 25.7 Å². The summed E-state index contributed by atoms with van der Waals surface area (Å²) in [6, 6.07) is 0.591. The summed E-state index contributed by atoms with van der Waals surface area (Å²) >= 11 is 0. The fourth-order valence-electron chi connectivity index (χ4n) is 2.39. The van der Waals surface area contributed by atoms with E-state index < -0.39 is 0 Å². The molecule has 0 aliphatic heterocycles. The maximum absolute atomic E-state index is 3.54. The van der Waals surface area contributed by atoms with Crippen LogP contribution in [-0.4, -0.2) is 37.6 Å². The second kappa shape index (κ2) is 5.50. The molecule has 2 heteroatoms. The van der Waals surface area contributed by atoms with Crippen LogP contribution < -0.4 is 5.32 Å². The van der Waals surface area contributed by atoms with E-state index in [0.29, 0.717) is 11.5 Å². The fourth-order valence-corrected chi connectivity index (χ4v) is 2.39. The van der Waals surface area contributed by atoms with Gasteiger partial charge in [-0.1, -0.05) is 34.6 Å². The minimum atomic E-state index is 0.372. The molecule has 1 N–H and O–H groups in total.